The summed E-state index contributed by atoms with van der Waals surface area (Å²) in [6.45, 7) is 15.2. The fourth-order valence-corrected chi connectivity index (χ4v) is 8.79. The van der Waals surface area contributed by atoms with E-state index in [-0.39, 0.29) is 46.4 Å². The summed E-state index contributed by atoms with van der Waals surface area (Å²) in [6.07, 6.45) is 3.23. The van der Waals surface area contributed by atoms with Gasteiger partial charge >= 0.3 is 23.9 Å². The fourth-order valence-electron chi connectivity index (χ4n) is 8.79. The molecular weight excluding hydrogens is 556 g/mol. The highest BCUT2D eigenvalue weighted by molar-refractivity contribution is 6.01. The number of ketones is 2. The van der Waals surface area contributed by atoms with E-state index in [0.29, 0.717) is 12.8 Å². The van der Waals surface area contributed by atoms with Gasteiger partial charge in [0.25, 0.3) is 0 Å². The topological polar surface area (TPSA) is 139 Å². The predicted molar refractivity (Wildman–Crippen MR) is 148 cm³/mol. The van der Waals surface area contributed by atoms with Crippen molar-refractivity contribution < 1.29 is 47.7 Å². The van der Waals surface area contributed by atoms with Gasteiger partial charge in [-0.05, 0) is 62.5 Å². The third kappa shape index (κ3) is 4.12. The van der Waals surface area contributed by atoms with Gasteiger partial charge in [-0.2, -0.15) is 0 Å². The molecule has 10 unspecified atom stereocenters. The van der Waals surface area contributed by atoms with Crippen LogP contribution in [0.2, 0.25) is 0 Å². The maximum absolute atomic E-state index is 13.2. The Hall–Kier alpha value is -3.82. The molecule has 2 saturated heterocycles. The summed E-state index contributed by atoms with van der Waals surface area (Å²) in [5.74, 6) is -5.42. The van der Waals surface area contributed by atoms with E-state index in [1.165, 1.54) is 12.2 Å². The highest BCUT2D eigenvalue weighted by Crippen LogP contribution is 2.56. The van der Waals surface area contributed by atoms with Crippen molar-refractivity contribution in [2.24, 2.45) is 46.3 Å². The Morgan fingerprint density at radius 1 is 0.767 bits per heavy atom. The Balaban J connectivity index is 1.19. The number of esters is 4. The second kappa shape index (κ2) is 9.86. The molecule has 0 spiro atoms. The van der Waals surface area contributed by atoms with Crippen LogP contribution in [0.25, 0.3) is 0 Å². The molecule has 2 aliphatic heterocycles. The molecule has 228 valence electrons. The number of hydrogen-bond acceptors (Lipinski definition) is 10. The molecule has 43 heavy (non-hydrogen) atoms. The molecule has 0 aromatic carbocycles. The number of allylic oxidation sites excluding steroid dienone is 4. The van der Waals surface area contributed by atoms with E-state index in [0.717, 1.165) is 0 Å². The van der Waals surface area contributed by atoms with Crippen molar-refractivity contribution in [2.75, 3.05) is 0 Å². The molecule has 6 aliphatic rings. The summed E-state index contributed by atoms with van der Waals surface area (Å²) in [5.41, 5.74) is -1.77. The average Bonchev–Trinajstić information content (AvgIpc) is 3.58. The number of hydrogen-bond donors (Lipinski definition) is 0. The van der Waals surface area contributed by atoms with Crippen LogP contribution in [0.15, 0.2) is 48.6 Å². The standard InChI is InChI=1S/C33H36O10/c1-14-11-20(26-16(3)30(38)42-28(26)32(5)18(14)7-9-22(32)34)40-24(36)13-25(37)41-21-12-15(2)19-8-10-23(35)33(19,6)29-27(21)17(4)31(39)43-29/h7-10,14-15,18-21,26-29H,3-4,11-13H2,1-2,5-6H3/t14?,15?,18?,19?,20?,21?,26?,27?,28?,29?,32-,33-/m0/s1. The van der Waals surface area contributed by atoms with Crippen LogP contribution in [0.4, 0.5) is 0 Å². The lowest BCUT2D eigenvalue weighted by Gasteiger charge is -2.36. The Morgan fingerprint density at radius 3 is 1.51 bits per heavy atom. The second-order valence-corrected chi connectivity index (χ2v) is 13.5. The van der Waals surface area contributed by atoms with E-state index in [4.69, 9.17) is 18.9 Å². The molecule has 0 N–H and O–H groups in total. The van der Waals surface area contributed by atoms with E-state index >= 15 is 0 Å². The summed E-state index contributed by atoms with van der Waals surface area (Å²) >= 11 is 0. The molecule has 6 rings (SSSR count). The molecule has 0 aromatic rings. The number of fused-ring (bicyclic) bond motifs is 6. The first-order chi connectivity index (χ1) is 20.2. The molecule has 10 heteroatoms. The van der Waals surface area contributed by atoms with Crippen molar-refractivity contribution in [3.05, 3.63) is 48.6 Å². The van der Waals surface area contributed by atoms with Crippen molar-refractivity contribution in [2.45, 2.75) is 71.4 Å². The zero-order valence-electron chi connectivity index (χ0n) is 24.7. The number of carbonyl (C=O) groups is 6. The van der Waals surface area contributed by atoms with Gasteiger partial charge in [0, 0.05) is 11.1 Å². The molecule has 0 amide bonds. The molecule has 12 atom stereocenters. The molecule has 0 radical (unpaired) electrons. The van der Waals surface area contributed by atoms with Gasteiger partial charge in [-0.1, -0.05) is 39.2 Å². The van der Waals surface area contributed by atoms with Crippen molar-refractivity contribution in [1.29, 1.82) is 0 Å². The normalized spacial score (nSPS) is 44.6. The number of rotatable bonds is 4. The van der Waals surface area contributed by atoms with Gasteiger partial charge in [-0.3, -0.25) is 19.2 Å². The fraction of sp³-hybridized carbons (Fsp3) is 0.576. The van der Waals surface area contributed by atoms with Gasteiger partial charge < -0.3 is 18.9 Å². The van der Waals surface area contributed by atoms with Crippen molar-refractivity contribution in [3.63, 3.8) is 0 Å². The van der Waals surface area contributed by atoms with Crippen LogP contribution in [0.3, 0.4) is 0 Å². The highest BCUT2D eigenvalue weighted by Gasteiger charge is 2.64. The molecule has 0 aromatic heterocycles. The quantitative estimate of drug-likeness (QED) is 0.207. The second-order valence-electron chi connectivity index (χ2n) is 13.5. The summed E-state index contributed by atoms with van der Waals surface area (Å²) in [5, 5.41) is 0. The van der Waals surface area contributed by atoms with Crippen LogP contribution in [0.1, 0.15) is 47.0 Å². The van der Waals surface area contributed by atoms with Gasteiger partial charge in [0.1, 0.15) is 30.8 Å². The van der Waals surface area contributed by atoms with E-state index in [2.05, 4.69) is 13.2 Å². The molecule has 0 bridgehead atoms. The zero-order valence-corrected chi connectivity index (χ0v) is 24.7. The molecule has 2 saturated carbocycles. The first-order valence-corrected chi connectivity index (χ1v) is 14.8. The first kappa shape index (κ1) is 29.3. The minimum Gasteiger partial charge on any atom is -0.461 e. The molecule has 4 fully saturated rings. The first-order valence-electron chi connectivity index (χ1n) is 14.8. The third-order valence-corrected chi connectivity index (χ3v) is 11.1. The molecular formula is C33H36O10. The zero-order chi connectivity index (χ0) is 31.2. The van der Waals surface area contributed by atoms with Gasteiger partial charge in [-0.25, -0.2) is 9.59 Å². The van der Waals surface area contributed by atoms with Crippen LogP contribution in [0, 0.1) is 46.3 Å². The average molecular weight is 593 g/mol. The number of carbonyl (C=O) groups excluding carboxylic acids is 6. The van der Waals surface area contributed by atoms with Crippen LogP contribution in [0.5, 0.6) is 0 Å². The Kier molecular flexibility index (Phi) is 6.71. The summed E-state index contributed by atoms with van der Waals surface area (Å²) in [4.78, 5) is 77.5. The van der Waals surface area contributed by atoms with E-state index < -0.39 is 77.4 Å². The minimum absolute atomic E-state index is 0.0949. The SMILES string of the molecule is C=C1C(=O)OC2C1C(OC(=O)CC(=O)OC1CC(C)C3C=CC(=O)[C@@]3(C)C3OC(=O)C(=C)C13)CC(C)C1C=CC(=O)[C@]12C. The Bertz CT molecular complexity index is 1330. The van der Waals surface area contributed by atoms with E-state index in [1.807, 2.05) is 26.0 Å². The maximum Gasteiger partial charge on any atom is 0.334 e. The lowest BCUT2D eigenvalue weighted by molar-refractivity contribution is -0.164. The van der Waals surface area contributed by atoms with Crippen LogP contribution >= 0.6 is 0 Å². The van der Waals surface area contributed by atoms with Gasteiger partial charge in [-0.15, -0.1) is 0 Å². The van der Waals surface area contributed by atoms with E-state index in [1.54, 1.807) is 13.8 Å². The highest BCUT2D eigenvalue weighted by atomic mass is 16.6. The van der Waals surface area contributed by atoms with Crippen molar-refractivity contribution in [3.8, 4) is 0 Å². The monoisotopic (exact) mass is 592 g/mol. The minimum atomic E-state index is -1.01. The van der Waals surface area contributed by atoms with E-state index in [9.17, 15) is 28.8 Å². The molecule has 10 nitrogen and oxygen atoms in total. The summed E-state index contributed by atoms with van der Waals surface area (Å²) in [7, 11) is 0. The van der Waals surface area contributed by atoms with Gasteiger partial charge in [0.15, 0.2) is 11.6 Å². The smallest absolute Gasteiger partial charge is 0.334 e. The Morgan fingerprint density at radius 2 is 1.14 bits per heavy atom. The Labute approximate surface area is 249 Å². The van der Waals surface area contributed by atoms with Crippen LogP contribution < -0.4 is 0 Å². The van der Waals surface area contributed by atoms with Gasteiger partial charge in [0.05, 0.1) is 22.7 Å². The maximum atomic E-state index is 13.2. The predicted octanol–water partition coefficient (Wildman–Crippen LogP) is 3.00. The summed E-state index contributed by atoms with van der Waals surface area (Å²) < 4.78 is 23.0. The largest absolute Gasteiger partial charge is 0.461 e. The third-order valence-electron chi connectivity index (χ3n) is 11.1. The molecule has 2 heterocycles. The lowest BCUT2D eigenvalue weighted by Crippen LogP contribution is -2.46. The number of ether oxygens (including phenoxy) is 4. The summed E-state index contributed by atoms with van der Waals surface area (Å²) in [6, 6.07) is 0. The van der Waals surface area contributed by atoms with Crippen molar-refractivity contribution >= 4 is 35.4 Å². The van der Waals surface area contributed by atoms with Crippen LogP contribution in [-0.4, -0.2) is 59.9 Å². The van der Waals surface area contributed by atoms with Crippen molar-refractivity contribution in [1.82, 2.24) is 0 Å². The molecule has 4 aliphatic carbocycles. The van der Waals surface area contributed by atoms with Crippen LogP contribution in [-0.2, 0) is 47.7 Å². The van der Waals surface area contributed by atoms with Gasteiger partial charge in [0.2, 0.25) is 0 Å². The lowest BCUT2D eigenvalue weighted by atomic mass is 9.68.